The third kappa shape index (κ3) is 3.48. The van der Waals surface area contributed by atoms with Gasteiger partial charge in [0.25, 0.3) is 0 Å². The highest BCUT2D eigenvalue weighted by Gasteiger charge is 2.40. The largest absolute Gasteiger partial charge is 0.396 e. The van der Waals surface area contributed by atoms with Crippen molar-refractivity contribution >= 4 is 17.6 Å². The Morgan fingerprint density at radius 1 is 1.35 bits per heavy atom. The van der Waals surface area contributed by atoms with Gasteiger partial charge in [0.05, 0.1) is 0 Å². The van der Waals surface area contributed by atoms with E-state index >= 15 is 0 Å². The quantitative estimate of drug-likeness (QED) is 0.887. The molecule has 2 N–H and O–H groups in total. The van der Waals surface area contributed by atoms with Crippen molar-refractivity contribution in [3.63, 3.8) is 0 Å². The lowest BCUT2D eigenvalue weighted by Gasteiger charge is -2.43. The number of aliphatic hydroxyl groups is 1. The maximum Gasteiger partial charge on any atom is 0.317 e. The molecule has 1 aliphatic heterocycles. The highest BCUT2D eigenvalue weighted by atomic mass is 35.5. The molecule has 0 aromatic heterocycles. The number of benzene rings is 1. The van der Waals surface area contributed by atoms with Crippen LogP contribution in [0.5, 0.6) is 0 Å². The molecule has 23 heavy (non-hydrogen) atoms. The van der Waals surface area contributed by atoms with Gasteiger partial charge in [0, 0.05) is 36.7 Å². The number of hydrogen-bond donors (Lipinski definition) is 2. The average molecular weight is 337 g/mol. The summed E-state index contributed by atoms with van der Waals surface area (Å²) in [5.74, 6) is 0.218. The molecule has 2 aliphatic rings. The van der Waals surface area contributed by atoms with Gasteiger partial charge in [-0.15, -0.1) is 0 Å². The van der Waals surface area contributed by atoms with Crippen LogP contribution in [0, 0.1) is 5.92 Å². The number of halogens is 1. The fourth-order valence-corrected chi connectivity index (χ4v) is 4.13. The second-order valence-electron chi connectivity index (χ2n) is 6.91. The summed E-state index contributed by atoms with van der Waals surface area (Å²) in [4.78, 5) is 14.3. The Morgan fingerprint density at radius 2 is 2.13 bits per heavy atom. The van der Waals surface area contributed by atoms with Gasteiger partial charge in [-0.2, -0.15) is 0 Å². The lowest BCUT2D eigenvalue weighted by atomic mass is 9.64. The molecular weight excluding hydrogens is 312 g/mol. The van der Waals surface area contributed by atoms with E-state index in [-0.39, 0.29) is 24.0 Å². The standard InChI is InChI=1S/C18H25ClN2O2/c19-16-7-2-1-6-15(16)18(8-4-9-18)13-20-17(23)21-10-3-5-14(11-21)12-22/h1-2,6-7,14,22H,3-5,8-13H2,(H,20,23). The van der Waals surface area contributed by atoms with Crippen LogP contribution in [0.15, 0.2) is 24.3 Å². The van der Waals surface area contributed by atoms with E-state index in [4.69, 9.17) is 11.6 Å². The van der Waals surface area contributed by atoms with E-state index in [0.29, 0.717) is 13.1 Å². The minimum atomic E-state index is -0.0137. The Labute approximate surface area is 142 Å². The molecule has 2 amide bonds. The molecule has 1 aliphatic carbocycles. The second kappa shape index (κ2) is 7.10. The van der Waals surface area contributed by atoms with Crippen molar-refractivity contribution in [2.45, 2.75) is 37.5 Å². The van der Waals surface area contributed by atoms with Crippen LogP contribution in [0.3, 0.4) is 0 Å². The predicted octanol–water partition coefficient (Wildman–Crippen LogP) is 3.18. The number of nitrogens with one attached hydrogen (secondary N) is 1. The lowest BCUT2D eigenvalue weighted by molar-refractivity contribution is 0.126. The number of nitrogens with zero attached hydrogens (tertiary/aromatic N) is 1. The summed E-state index contributed by atoms with van der Waals surface area (Å²) < 4.78 is 0. The van der Waals surface area contributed by atoms with E-state index in [2.05, 4.69) is 11.4 Å². The third-order valence-electron chi connectivity index (χ3n) is 5.40. The highest BCUT2D eigenvalue weighted by Crippen LogP contribution is 2.45. The van der Waals surface area contributed by atoms with Crippen LogP contribution in [-0.4, -0.2) is 42.3 Å². The van der Waals surface area contributed by atoms with Gasteiger partial charge in [0.1, 0.15) is 0 Å². The zero-order chi connectivity index (χ0) is 16.3. The van der Waals surface area contributed by atoms with Gasteiger partial charge in [0.15, 0.2) is 0 Å². The fourth-order valence-electron chi connectivity index (χ4n) is 3.79. The van der Waals surface area contributed by atoms with E-state index in [0.717, 1.165) is 42.8 Å². The van der Waals surface area contributed by atoms with E-state index < -0.39 is 0 Å². The third-order valence-corrected chi connectivity index (χ3v) is 5.73. The van der Waals surface area contributed by atoms with Crippen molar-refractivity contribution in [3.05, 3.63) is 34.9 Å². The Hall–Kier alpha value is -1.26. The molecule has 1 aromatic carbocycles. The first-order chi connectivity index (χ1) is 11.1. The molecular formula is C18H25ClN2O2. The van der Waals surface area contributed by atoms with Crippen LogP contribution < -0.4 is 5.32 Å². The number of urea groups is 1. The summed E-state index contributed by atoms with van der Waals surface area (Å²) in [5, 5.41) is 13.2. The molecule has 1 unspecified atom stereocenters. The van der Waals surface area contributed by atoms with Crippen LogP contribution in [0.1, 0.15) is 37.7 Å². The number of amides is 2. The smallest absolute Gasteiger partial charge is 0.317 e. The SMILES string of the molecule is O=C(NCC1(c2ccccc2Cl)CCC1)N1CCCC(CO)C1. The summed E-state index contributed by atoms with van der Waals surface area (Å²) in [6, 6.07) is 7.95. The van der Waals surface area contributed by atoms with Crippen molar-refractivity contribution in [2.75, 3.05) is 26.2 Å². The van der Waals surface area contributed by atoms with Gasteiger partial charge < -0.3 is 15.3 Å². The molecule has 0 spiro atoms. The van der Waals surface area contributed by atoms with E-state index in [9.17, 15) is 9.90 Å². The van der Waals surface area contributed by atoms with Crippen LogP contribution in [0.4, 0.5) is 4.79 Å². The first-order valence-corrected chi connectivity index (χ1v) is 8.91. The number of rotatable bonds is 4. The predicted molar refractivity (Wildman–Crippen MR) is 91.8 cm³/mol. The molecule has 126 valence electrons. The number of carbonyl (C=O) groups is 1. The van der Waals surface area contributed by atoms with Crippen LogP contribution >= 0.6 is 11.6 Å². The minimum Gasteiger partial charge on any atom is -0.396 e. The number of hydrogen-bond acceptors (Lipinski definition) is 2. The Bertz CT molecular complexity index is 560. The molecule has 0 radical (unpaired) electrons. The fraction of sp³-hybridized carbons (Fsp3) is 0.611. The Kier molecular flexibility index (Phi) is 5.12. The van der Waals surface area contributed by atoms with Gasteiger partial charge in [-0.3, -0.25) is 0 Å². The van der Waals surface area contributed by atoms with Crippen molar-refractivity contribution in [2.24, 2.45) is 5.92 Å². The van der Waals surface area contributed by atoms with Crippen molar-refractivity contribution in [1.29, 1.82) is 0 Å². The number of piperidine rings is 1. The number of carbonyl (C=O) groups excluding carboxylic acids is 1. The summed E-state index contributed by atoms with van der Waals surface area (Å²) in [6.07, 6.45) is 5.28. The second-order valence-corrected chi connectivity index (χ2v) is 7.32. The van der Waals surface area contributed by atoms with E-state index in [1.165, 1.54) is 6.42 Å². The maximum absolute atomic E-state index is 12.5. The Balaban J connectivity index is 1.62. The first-order valence-electron chi connectivity index (χ1n) is 8.53. The van der Waals surface area contributed by atoms with Crippen molar-refractivity contribution in [1.82, 2.24) is 10.2 Å². The van der Waals surface area contributed by atoms with Crippen LogP contribution in [0.2, 0.25) is 5.02 Å². The summed E-state index contributed by atoms with van der Waals surface area (Å²) >= 11 is 6.37. The van der Waals surface area contributed by atoms with Crippen molar-refractivity contribution < 1.29 is 9.90 Å². The average Bonchev–Trinajstić information content (AvgIpc) is 2.55. The molecule has 4 nitrogen and oxygen atoms in total. The topological polar surface area (TPSA) is 52.6 Å². The zero-order valence-electron chi connectivity index (χ0n) is 13.4. The van der Waals surface area contributed by atoms with E-state index in [1.54, 1.807) is 0 Å². The minimum absolute atomic E-state index is 0.0125. The summed E-state index contributed by atoms with van der Waals surface area (Å²) in [7, 11) is 0. The maximum atomic E-state index is 12.5. The molecule has 5 heteroatoms. The van der Waals surface area contributed by atoms with Crippen LogP contribution in [-0.2, 0) is 5.41 Å². The molecule has 1 aromatic rings. The number of aliphatic hydroxyl groups excluding tert-OH is 1. The molecule has 1 saturated heterocycles. The lowest BCUT2D eigenvalue weighted by Crippen LogP contribution is -2.51. The van der Waals surface area contributed by atoms with Crippen LogP contribution in [0.25, 0.3) is 0 Å². The normalized spacial score (nSPS) is 23.2. The highest BCUT2D eigenvalue weighted by molar-refractivity contribution is 6.31. The molecule has 0 bridgehead atoms. The molecule has 2 fully saturated rings. The van der Waals surface area contributed by atoms with Gasteiger partial charge >= 0.3 is 6.03 Å². The van der Waals surface area contributed by atoms with Gasteiger partial charge in [0.2, 0.25) is 0 Å². The first kappa shape index (κ1) is 16.6. The number of likely N-dealkylation sites (tertiary alicyclic amines) is 1. The Morgan fingerprint density at radius 3 is 2.78 bits per heavy atom. The van der Waals surface area contributed by atoms with Crippen molar-refractivity contribution in [3.8, 4) is 0 Å². The monoisotopic (exact) mass is 336 g/mol. The van der Waals surface area contributed by atoms with Gasteiger partial charge in [-0.05, 0) is 43.2 Å². The van der Waals surface area contributed by atoms with Gasteiger partial charge in [-0.25, -0.2) is 4.79 Å². The molecule has 1 heterocycles. The van der Waals surface area contributed by atoms with Gasteiger partial charge in [-0.1, -0.05) is 36.2 Å². The summed E-state index contributed by atoms with van der Waals surface area (Å²) in [6.45, 7) is 2.23. The molecule has 1 atom stereocenters. The molecule has 1 saturated carbocycles. The zero-order valence-corrected chi connectivity index (χ0v) is 14.2. The van der Waals surface area contributed by atoms with E-state index in [1.807, 2.05) is 23.1 Å². The molecule has 3 rings (SSSR count). The summed E-state index contributed by atoms with van der Waals surface area (Å²) in [5.41, 5.74) is 1.14.